The number of halogens is 1. The molecule has 1 atom stereocenters. The summed E-state index contributed by atoms with van der Waals surface area (Å²) < 4.78 is 32.2. The van der Waals surface area contributed by atoms with Gasteiger partial charge in [0.1, 0.15) is 6.04 Å². The molecule has 0 saturated carbocycles. The van der Waals surface area contributed by atoms with E-state index in [-0.39, 0.29) is 5.97 Å². The van der Waals surface area contributed by atoms with E-state index in [2.05, 4.69) is 16.3 Å². The van der Waals surface area contributed by atoms with Crippen molar-refractivity contribution in [3.8, 4) is 0 Å². The number of rotatable bonds is 3. The van der Waals surface area contributed by atoms with Gasteiger partial charge >= 0.3 is 5.97 Å². The van der Waals surface area contributed by atoms with Crippen LogP contribution in [0.25, 0.3) is 0 Å². The highest BCUT2D eigenvalue weighted by Gasteiger charge is 2.32. The molecule has 1 aromatic carbocycles. The molecule has 0 radical (unpaired) electrons. The second kappa shape index (κ2) is 8.96. The molecule has 2 heterocycles. The lowest BCUT2D eigenvalue weighted by molar-refractivity contribution is -0.147. The first-order chi connectivity index (χ1) is 12.2. The quantitative estimate of drug-likeness (QED) is 0.564. The van der Waals surface area contributed by atoms with Crippen LogP contribution in [-0.4, -0.2) is 43.8 Å². The minimum absolute atomic E-state index is 0.262. The predicted octanol–water partition coefficient (Wildman–Crippen LogP) is 2.84. The molecule has 0 amide bonds. The lowest BCUT2D eigenvalue weighted by Crippen LogP contribution is -2.38. The molecule has 0 N–H and O–H groups in total. The Bertz CT molecular complexity index is 858. The first-order valence-electron chi connectivity index (χ1n) is 7.73. The summed E-state index contributed by atoms with van der Waals surface area (Å²) in [7, 11) is -2.49. The van der Waals surface area contributed by atoms with Crippen LogP contribution in [0.4, 0.5) is 0 Å². The fourth-order valence-corrected chi connectivity index (χ4v) is 3.90. The number of carbonyl (C=O) groups is 1. The van der Waals surface area contributed by atoms with Crippen LogP contribution < -0.4 is 0 Å². The standard InChI is InChI=1S/C16H16ClNO2S.CH4O3S/c1-20-16(19)15(12-4-2-3-5-13(12)17)18-8-6-14-11(10-18)7-9-21-14;1-5(2,3)4/h2-5,7,9,15H,6,8,10H2,1H3;1H3,(H,2,3,4)/p-1/t15-;/m0./s1. The molecule has 26 heavy (non-hydrogen) atoms. The van der Waals surface area contributed by atoms with Gasteiger partial charge in [-0.3, -0.25) is 4.90 Å². The number of nitrogens with zero attached hydrogens (tertiary/aromatic N) is 1. The highest BCUT2D eigenvalue weighted by molar-refractivity contribution is 7.84. The summed E-state index contributed by atoms with van der Waals surface area (Å²) in [5.74, 6) is -0.262. The number of carbonyl (C=O) groups excluding carboxylic acids is 1. The van der Waals surface area contributed by atoms with Gasteiger partial charge in [0.25, 0.3) is 0 Å². The van der Waals surface area contributed by atoms with Gasteiger partial charge in [0.05, 0.1) is 17.2 Å². The van der Waals surface area contributed by atoms with E-state index in [0.717, 1.165) is 25.1 Å². The Hall–Kier alpha value is -1.45. The number of thiophene rings is 1. The lowest BCUT2D eigenvalue weighted by atomic mass is 10.0. The molecule has 1 aromatic heterocycles. The largest absolute Gasteiger partial charge is 0.748 e. The van der Waals surface area contributed by atoms with E-state index in [9.17, 15) is 4.79 Å². The summed E-state index contributed by atoms with van der Waals surface area (Å²) in [5.41, 5.74) is 2.11. The Morgan fingerprint density at radius 2 is 2.00 bits per heavy atom. The normalized spacial score (nSPS) is 15.4. The van der Waals surface area contributed by atoms with Gasteiger partial charge in [0.2, 0.25) is 0 Å². The van der Waals surface area contributed by atoms with Crippen molar-refractivity contribution in [3.63, 3.8) is 0 Å². The third kappa shape index (κ3) is 5.78. The molecule has 0 saturated heterocycles. The fraction of sp³-hybridized carbons (Fsp3) is 0.353. The van der Waals surface area contributed by atoms with E-state index < -0.39 is 16.2 Å². The molecule has 0 spiro atoms. The number of esters is 1. The molecule has 1 aliphatic rings. The van der Waals surface area contributed by atoms with Crippen molar-refractivity contribution in [1.29, 1.82) is 0 Å². The van der Waals surface area contributed by atoms with Crippen LogP contribution in [-0.2, 0) is 32.6 Å². The summed E-state index contributed by atoms with van der Waals surface area (Å²) in [6, 6.07) is 9.16. The van der Waals surface area contributed by atoms with Crippen LogP contribution in [0.15, 0.2) is 35.7 Å². The average Bonchev–Trinajstić information content (AvgIpc) is 3.03. The monoisotopic (exact) mass is 416 g/mol. The molecule has 142 valence electrons. The number of ether oxygens (including phenoxy) is 1. The van der Waals surface area contributed by atoms with Crippen LogP contribution in [0, 0.1) is 0 Å². The second-order valence-corrected chi connectivity index (χ2v) is 8.56. The Balaban J connectivity index is 0.000000431. The highest BCUT2D eigenvalue weighted by atomic mass is 35.5. The van der Waals surface area contributed by atoms with Gasteiger partial charge in [-0.1, -0.05) is 29.8 Å². The number of hydrogen-bond donors (Lipinski definition) is 0. The molecular formula is C17H19ClNO5S2-. The number of hydrogen-bond acceptors (Lipinski definition) is 7. The van der Waals surface area contributed by atoms with Crippen molar-refractivity contribution in [1.82, 2.24) is 4.90 Å². The number of methoxy groups -OCH3 is 1. The first kappa shape index (κ1) is 20.9. The maximum absolute atomic E-state index is 12.3. The van der Waals surface area contributed by atoms with E-state index in [4.69, 9.17) is 29.3 Å². The van der Waals surface area contributed by atoms with Gasteiger partial charge in [0, 0.05) is 29.2 Å². The Kier molecular flexibility index (Phi) is 7.19. The minimum Gasteiger partial charge on any atom is -0.748 e. The van der Waals surface area contributed by atoms with Gasteiger partial charge in [-0.25, -0.2) is 13.2 Å². The smallest absolute Gasteiger partial charge is 0.327 e. The molecule has 3 rings (SSSR count). The van der Waals surface area contributed by atoms with Crippen LogP contribution in [0.1, 0.15) is 22.0 Å². The Labute approximate surface area is 162 Å². The van der Waals surface area contributed by atoms with Crippen LogP contribution >= 0.6 is 22.9 Å². The van der Waals surface area contributed by atoms with Gasteiger partial charge in [-0.05, 0) is 35.1 Å². The zero-order chi connectivity index (χ0) is 19.3. The van der Waals surface area contributed by atoms with Crippen molar-refractivity contribution < 1.29 is 22.5 Å². The van der Waals surface area contributed by atoms with E-state index in [1.54, 1.807) is 11.3 Å². The maximum atomic E-state index is 12.3. The van der Waals surface area contributed by atoms with Crippen molar-refractivity contribution >= 4 is 39.0 Å². The summed E-state index contributed by atoms with van der Waals surface area (Å²) in [6.07, 6.45) is 1.57. The number of fused-ring (bicyclic) bond motifs is 1. The zero-order valence-corrected chi connectivity index (χ0v) is 16.7. The van der Waals surface area contributed by atoms with Crippen molar-refractivity contribution in [3.05, 3.63) is 56.7 Å². The second-order valence-electron chi connectivity index (χ2n) is 5.74. The van der Waals surface area contributed by atoms with E-state index in [0.29, 0.717) is 11.3 Å². The highest BCUT2D eigenvalue weighted by Crippen LogP contribution is 2.33. The third-order valence-electron chi connectivity index (χ3n) is 3.83. The molecule has 0 unspecified atom stereocenters. The van der Waals surface area contributed by atoms with Crippen molar-refractivity contribution in [2.24, 2.45) is 0 Å². The Morgan fingerprint density at radius 3 is 2.62 bits per heavy atom. The molecule has 0 fully saturated rings. The van der Waals surface area contributed by atoms with E-state index in [1.165, 1.54) is 17.6 Å². The van der Waals surface area contributed by atoms with E-state index in [1.807, 2.05) is 24.3 Å². The molecular weight excluding hydrogens is 398 g/mol. The third-order valence-corrected chi connectivity index (χ3v) is 5.19. The summed E-state index contributed by atoms with van der Waals surface area (Å²) in [5, 5.41) is 2.71. The molecule has 0 aliphatic carbocycles. The average molecular weight is 417 g/mol. The first-order valence-corrected chi connectivity index (χ1v) is 10.8. The Morgan fingerprint density at radius 1 is 1.35 bits per heavy atom. The summed E-state index contributed by atoms with van der Waals surface area (Å²) in [4.78, 5) is 15.8. The van der Waals surface area contributed by atoms with Crippen LogP contribution in [0.2, 0.25) is 5.02 Å². The molecule has 2 aromatic rings. The molecule has 0 bridgehead atoms. The molecule has 1 aliphatic heterocycles. The number of benzene rings is 1. The van der Waals surface area contributed by atoms with Gasteiger partial charge < -0.3 is 9.29 Å². The lowest BCUT2D eigenvalue weighted by Gasteiger charge is -2.33. The predicted molar refractivity (Wildman–Crippen MR) is 100 cm³/mol. The van der Waals surface area contributed by atoms with Crippen molar-refractivity contribution in [2.45, 2.75) is 19.0 Å². The van der Waals surface area contributed by atoms with Crippen LogP contribution in [0.3, 0.4) is 0 Å². The summed E-state index contributed by atoms with van der Waals surface area (Å²) >= 11 is 8.07. The fourth-order valence-electron chi connectivity index (χ4n) is 2.77. The molecule has 6 nitrogen and oxygen atoms in total. The topological polar surface area (TPSA) is 86.7 Å². The van der Waals surface area contributed by atoms with Crippen LogP contribution in [0.5, 0.6) is 0 Å². The van der Waals surface area contributed by atoms with Gasteiger partial charge in [-0.2, -0.15) is 0 Å². The molecule has 9 heteroatoms. The van der Waals surface area contributed by atoms with Gasteiger partial charge in [0.15, 0.2) is 0 Å². The maximum Gasteiger partial charge on any atom is 0.327 e. The minimum atomic E-state index is -3.92. The summed E-state index contributed by atoms with van der Waals surface area (Å²) in [6.45, 7) is 1.59. The van der Waals surface area contributed by atoms with Gasteiger partial charge in [-0.15, -0.1) is 11.3 Å². The van der Waals surface area contributed by atoms with Crippen molar-refractivity contribution in [2.75, 3.05) is 19.9 Å². The zero-order valence-electron chi connectivity index (χ0n) is 14.3. The van der Waals surface area contributed by atoms with E-state index >= 15 is 0 Å². The SMILES string of the molecule is COC(=O)[C@H](c1ccccc1Cl)N1CCc2sccc2C1.CS(=O)(=O)[O-].